The molecule has 0 unspecified atom stereocenters. The van der Waals surface area contributed by atoms with Crippen LogP contribution in [-0.4, -0.2) is 25.8 Å². The Morgan fingerprint density at radius 1 is 1.36 bits per heavy atom. The zero-order valence-corrected chi connectivity index (χ0v) is 8.26. The van der Waals surface area contributed by atoms with Gasteiger partial charge in [0.05, 0.1) is 6.73 Å². The first-order chi connectivity index (χ1) is 6.63. The summed E-state index contributed by atoms with van der Waals surface area (Å²) in [6.45, 7) is 0.816. The molecule has 0 bridgehead atoms. The summed E-state index contributed by atoms with van der Waals surface area (Å²) in [7, 11) is 3.36. The van der Waals surface area contributed by atoms with E-state index in [-0.39, 0.29) is 0 Å². The van der Waals surface area contributed by atoms with Crippen molar-refractivity contribution in [3.8, 4) is 0 Å². The van der Waals surface area contributed by atoms with Crippen LogP contribution < -0.4 is 0 Å². The molecular formula is C10H13F2NO. The lowest BCUT2D eigenvalue weighted by Gasteiger charge is -2.15. The van der Waals surface area contributed by atoms with Gasteiger partial charge in [0.2, 0.25) is 0 Å². The van der Waals surface area contributed by atoms with Crippen molar-refractivity contribution in [3.05, 3.63) is 35.4 Å². The molecule has 0 aliphatic carbocycles. The molecule has 4 heteroatoms. The van der Waals surface area contributed by atoms with Crippen LogP contribution in [0, 0.1) is 11.6 Å². The van der Waals surface area contributed by atoms with Crippen LogP contribution in [0.3, 0.4) is 0 Å². The van der Waals surface area contributed by atoms with Crippen molar-refractivity contribution in [3.63, 3.8) is 0 Å². The molecule has 0 heterocycles. The Balaban J connectivity index is 2.67. The summed E-state index contributed by atoms with van der Waals surface area (Å²) in [6, 6.07) is 3.58. The SMILES string of the molecule is COCN(C)Cc1ccc(F)cc1F. The molecule has 0 aliphatic heterocycles. The summed E-state index contributed by atoms with van der Waals surface area (Å²) in [5.41, 5.74) is 0.464. The maximum Gasteiger partial charge on any atom is 0.130 e. The first-order valence-electron chi connectivity index (χ1n) is 4.25. The van der Waals surface area contributed by atoms with Gasteiger partial charge in [0.15, 0.2) is 0 Å². The standard InChI is InChI=1S/C10H13F2NO/c1-13(7-14-2)6-8-3-4-9(11)5-10(8)12/h3-5H,6-7H2,1-2H3. The number of benzene rings is 1. The third kappa shape index (κ3) is 3.05. The minimum Gasteiger partial charge on any atom is -0.369 e. The van der Waals surface area contributed by atoms with E-state index in [4.69, 9.17) is 4.74 Å². The van der Waals surface area contributed by atoms with Crippen molar-refractivity contribution < 1.29 is 13.5 Å². The molecule has 0 N–H and O–H groups in total. The molecule has 0 radical (unpaired) electrons. The molecule has 0 saturated heterocycles. The number of methoxy groups -OCH3 is 1. The van der Waals surface area contributed by atoms with Gasteiger partial charge in [-0.2, -0.15) is 0 Å². The second-order valence-electron chi connectivity index (χ2n) is 3.17. The van der Waals surface area contributed by atoms with Gasteiger partial charge in [-0.15, -0.1) is 0 Å². The highest BCUT2D eigenvalue weighted by atomic mass is 19.1. The number of hydrogen-bond donors (Lipinski definition) is 0. The summed E-state index contributed by atoms with van der Waals surface area (Å²) < 4.78 is 30.6. The predicted molar refractivity (Wildman–Crippen MR) is 49.7 cm³/mol. The summed E-state index contributed by atoms with van der Waals surface area (Å²) in [5, 5.41) is 0. The smallest absolute Gasteiger partial charge is 0.130 e. The molecule has 0 aliphatic rings. The number of nitrogens with zero attached hydrogens (tertiary/aromatic N) is 1. The van der Waals surface area contributed by atoms with Crippen LogP contribution in [-0.2, 0) is 11.3 Å². The van der Waals surface area contributed by atoms with Crippen LogP contribution in [0.4, 0.5) is 8.78 Å². The molecule has 0 fully saturated rings. The van der Waals surface area contributed by atoms with E-state index in [0.29, 0.717) is 18.8 Å². The second-order valence-corrected chi connectivity index (χ2v) is 3.17. The van der Waals surface area contributed by atoms with Gasteiger partial charge in [-0.1, -0.05) is 6.07 Å². The number of halogens is 2. The van der Waals surface area contributed by atoms with E-state index >= 15 is 0 Å². The molecule has 0 amide bonds. The van der Waals surface area contributed by atoms with Crippen molar-refractivity contribution in [2.75, 3.05) is 20.9 Å². The average Bonchev–Trinajstić information content (AvgIpc) is 2.10. The maximum atomic E-state index is 13.1. The maximum absolute atomic E-state index is 13.1. The Bertz CT molecular complexity index is 304. The van der Waals surface area contributed by atoms with Crippen molar-refractivity contribution in [1.29, 1.82) is 0 Å². The lowest BCUT2D eigenvalue weighted by atomic mass is 10.2. The largest absolute Gasteiger partial charge is 0.369 e. The van der Waals surface area contributed by atoms with Crippen LogP contribution in [0.2, 0.25) is 0 Å². The molecule has 1 rings (SSSR count). The molecule has 1 aromatic rings. The van der Waals surface area contributed by atoms with Crippen molar-refractivity contribution >= 4 is 0 Å². The van der Waals surface area contributed by atoms with E-state index in [1.54, 1.807) is 19.1 Å². The Morgan fingerprint density at radius 2 is 2.07 bits per heavy atom. The second kappa shape index (κ2) is 5.02. The van der Waals surface area contributed by atoms with E-state index in [1.807, 2.05) is 0 Å². The van der Waals surface area contributed by atoms with Gasteiger partial charge in [0.1, 0.15) is 11.6 Å². The number of ether oxygens (including phenoxy) is 1. The highest BCUT2D eigenvalue weighted by molar-refractivity contribution is 5.18. The van der Waals surface area contributed by atoms with Gasteiger partial charge < -0.3 is 4.74 Å². The van der Waals surface area contributed by atoms with Crippen molar-refractivity contribution in [2.45, 2.75) is 6.54 Å². The monoisotopic (exact) mass is 201 g/mol. The van der Waals surface area contributed by atoms with E-state index in [9.17, 15) is 8.78 Å². The van der Waals surface area contributed by atoms with E-state index in [2.05, 4.69) is 0 Å². The number of hydrogen-bond acceptors (Lipinski definition) is 2. The van der Waals surface area contributed by atoms with Crippen LogP contribution in [0.25, 0.3) is 0 Å². The third-order valence-corrected chi connectivity index (χ3v) is 1.80. The van der Waals surface area contributed by atoms with E-state index in [0.717, 1.165) is 6.07 Å². The van der Waals surface area contributed by atoms with Gasteiger partial charge in [0, 0.05) is 25.3 Å². The summed E-state index contributed by atoms with van der Waals surface area (Å²) in [4.78, 5) is 1.79. The van der Waals surface area contributed by atoms with Crippen LogP contribution in [0.5, 0.6) is 0 Å². The zero-order valence-electron chi connectivity index (χ0n) is 8.26. The van der Waals surface area contributed by atoms with E-state index < -0.39 is 11.6 Å². The molecule has 0 spiro atoms. The van der Waals surface area contributed by atoms with Gasteiger partial charge in [-0.25, -0.2) is 8.78 Å². The van der Waals surface area contributed by atoms with Gasteiger partial charge >= 0.3 is 0 Å². The fourth-order valence-electron chi connectivity index (χ4n) is 1.21. The van der Waals surface area contributed by atoms with Gasteiger partial charge in [0.25, 0.3) is 0 Å². The Morgan fingerprint density at radius 3 is 2.64 bits per heavy atom. The summed E-state index contributed by atoms with van der Waals surface area (Å²) >= 11 is 0. The fourth-order valence-corrected chi connectivity index (χ4v) is 1.21. The fraction of sp³-hybridized carbons (Fsp3) is 0.400. The molecule has 14 heavy (non-hydrogen) atoms. The highest BCUT2D eigenvalue weighted by Gasteiger charge is 2.06. The Hall–Kier alpha value is -1.00. The molecule has 0 aromatic heterocycles. The minimum absolute atomic E-state index is 0.403. The highest BCUT2D eigenvalue weighted by Crippen LogP contribution is 2.11. The van der Waals surface area contributed by atoms with Gasteiger partial charge in [-0.05, 0) is 13.1 Å². The lowest BCUT2D eigenvalue weighted by molar-refractivity contribution is 0.0764. The first-order valence-corrected chi connectivity index (χ1v) is 4.25. The van der Waals surface area contributed by atoms with Crippen molar-refractivity contribution in [2.24, 2.45) is 0 Å². The minimum atomic E-state index is -0.555. The average molecular weight is 201 g/mol. The van der Waals surface area contributed by atoms with Crippen molar-refractivity contribution in [1.82, 2.24) is 4.90 Å². The molecule has 0 atom stereocenters. The normalized spacial score (nSPS) is 10.9. The number of rotatable bonds is 4. The van der Waals surface area contributed by atoms with Crippen LogP contribution >= 0.6 is 0 Å². The first kappa shape index (κ1) is 11.1. The quantitative estimate of drug-likeness (QED) is 0.691. The predicted octanol–water partition coefficient (Wildman–Crippen LogP) is 2.00. The summed E-state index contributed by atoms with van der Waals surface area (Å²) in [5.74, 6) is -1.08. The van der Waals surface area contributed by atoms with Gasteiger partial charge in [-0.3, -0.25) is 4.90 Å². The topological polar surface area (TPSA) is 12.5 Å². The summed E-state index contributed by atoms with van der Waals surface area (Å²) in [6.07, 6.45) is 0. The Kier molecular flexibility index (Phi) is 3.98. The zero-order chi connectivity index (χ0) is 10.6. The van der Waals surface area contributed by atoms with Crippen LogP contribution in [0.15, 0.2) is 18.2 Å². The molecule has 78 valence electrons. The Labute approximate surface area is 82.1 Å². The molecule has 2 nitrogen and oxygen atoms in total. The molecule has 0 saturated carbocycles. The molecule has 1 aromatic carbocycles. The van der Waals surface area contributed by atoms with Crippen LogP contribution in [0.1, 0.15) is 5.56 Å². The third-order valence-electron chi connectivity index (χ3n) is 1.80. The lowest BCUT2D eigenvalue weighted by Crippen LogP contribution is -2.20. The van der Waals surface area contributed by atoms with E-state index in [1.165, 1.54) is 12.1 Å². The molecular weight excluding hydrogens is 188 g/mol.